The van der Waals surface area contributed by atoms with E-state index in [0.717, 1.165) is 0 Å². The van der Waals surface area contributed by atoms with E-state index in [1.807, 2.05) is 0 Å². The van der Waals surface area contributed by atoms with Gasteiger partial charge >= 0.3 is 11.4 Å². The van der Waals surface area contributed by atoms with E-state index >= 15 is 0 Å². The molecule has 0 bridgehead atoms. The number of hydrogen-bond acceptors (Lipinski definition) is 7. The molecule has 0 fully saturated rings. The number of aliphatic hydroxyl groups excluding tert-OH is 1. The lowest BCUT2D eigenvalue weighted by atomic mass is 9.98. The zero-order valence-corrected chi connectivity index (χ0v) is 10.0. The molecule has 106 valence electrons. The average Bonchev–Trinajstić information content (AvgIpc) is 2.43. The van der Waals surface area contributed by atoms with Crippen molar-refractivity contribution in [2.45, 2.75) is 5.72 Å². The van der Waals surface area contributed by atoms with Crippen LogP contribution in [0.15, 0.2) is 42.1 Å². The predicted molar refractivity (Wildman–Crippen MR) is 64.9 cm³/mol. The molecule has 2 N–H and O–H groups in total. The molecule has 0 heterocycles. The summed E-state index contributed by atoms with van der Waals surface area (Å²) in [6.07, 6.45) is 0.406. The molecule has 20 heavy (non-hydrogen) atoms. The normalized spacial score (nSPS) is 14.4. The molecule has 0 aliphatic heterocycles. The highest BCUT2D eigenvalue weighted by molar-refractivity contribution is 6.02. The summed E-state index contributed by atoms with van der Waals surface area (Å²) in [7, 11) is 0. The zero-order valence-electron chi connectivity index (χ0n) is 10.0. The summed E-state index contributed by atoms with van der Waals surface area (Å²) in [6, 6.07) is 6.64. The van der Waals surface area contributed by atoms with Crippen LogP contribution in [-0.2, 0) is 0 Å². The predicted octanol–water partition coefficient (Wildman–Crippen LogP) is -0.0125. The molecule has 0 aromatic heterocycles. The Labute approximate surface area is 112 Å². The minimum atomic E-state index is -3.56. The fraction of sp³-hybridized carbons (Fsp3) is 0.182. The molecule has 0 aliphatic rings. The Balaban J connectivity index is 3.43. The van der Waals surface area contributed by atoms with Gasteiger partial charge in [-0.1, -0.05) is 30.3 Å². The van der Waals surface area contributed by atoms with E-state index in [1.54, 1.807) is 0 Å². The van der Waals surface area contributed by atoms with E-state index in [2.05, 4.69) is 0 Å². The molecule has 1 aromatic rings. The maximum Gasteiger partial charge on any atom is 0.476 e. The minimum absolute atomic E-state index is 0.266. The fourth-order valence-electron chi connectivity index (χ4n) is 1.51. The first-order valence-corrected chi connectivity index (χ1v) is 5.28. The second-order valence-corrected chi connectivity index (χ2v) is 3.65. The molecule has 1 atom stereocenters. The van der Waals surface area contributed by atoms with Crippen LogP contribution in [0.1, 0.15) is 10.4 Å². The van der Waals surface area contributed by atoms with Gasteiger partial charge in [0, 0.05) is 11.6 Å². The molecular formula is C11H10N2O7. The number of carbonyl (C=O) groups excluding carboxylic acids is 1. The summed E-state index contributed by atoms with van der Waals surface area (Å²) in [5.41, 5.74) is -5.23. The van der Waals surface area contributed by atoms with Gasteiger partial charge in [-0.3, -0.25) is 25.0 Å². The summed E-state index contributed by atoms with van der Waals surface area (Å²) in [4.78, 5) is 31.0. The van der Waals surface area contributed by atoms with Gasteiger partial charge < -0.3 is 10.2 Å². The largest absolute Gasteiger partial charge is 0.476 e. The Hall–Kier alpha value is -2.65. The van der Waals surface area contributed by atoms with Crippen LogP contribution in [0.5, 0.6) is 0 Å². The molecule has 0 spiro atoms. The third-order valence-electron chi connectivity index (χ3n) is 2.46. The van der Waals surface area contributed by atoms with E-state index in [0.29, 0.717) is 6.08 Å². The number of ketones is 1. The maximum absolute atomic E-state index is 12.0. The first-order valence-electron chi connectivity index (χ1n) is 5.28. The second-order valence-electron chi connectivity index (χ2n) is 3.65. The Morgan fingerprint density at radius 3 is 2.20 bits per heavy atom. The first kappa shape index (κ1) is 15.4. The molecule has 0 saturated heterocycles. The van der Waals surface area contributed by atoms with Crippen molar-refractivity contribution in [1.29, 1.82) is 0 Å². The lowest BCUT2D eigenvalue weighted by Crippen LogP contribution is -2.50. The molecule has 0 radical (unpaired) electrons. The Kier molecular flexibility index (Phi) is 4.62. The third kappa shape index (κ3) is 2.68. The van der Waals surface area contributed by atoms with E-state index < -0.39 is 33.7 Å². The van der Waals surface area contributed by atoms with Crippen molar-refractivity contribution in [3.05, 3.63) is 67.9 Å². The van der Waals surface area contributed by atoms with Crippen molar-refractivity contribution < 1.29 is 24.9 Å². The number of Topliss-reactive ketones (excluding diaryl/α,β-unsaturated/α-hetero) is 1. The fourth-order valence-corrected chi connectivity index (χ4v) is 1.51. The number of nitro groups is 2. The monoisotopic (exact) mass is 282 g/mol. The quantitative estimate of drug-likeness (QED) is 0.323. The van der Waals surface area contributed by atoms with Crippen molar-refractivity contribution >= 4 is 5.78 Å². The average molecular weight is 282 g/mol. The Morgan fingerprint density at radius 1 is 1.25 bits per heavy atom. The number of hydrogen-bond donors (Lipinski definition) is 2. The van der Waals surface area contributed by atoms with Crippen LogP contribution in [0.2, 0.25) is 0 Å². The summed E-state index contributed by atoms with van der Waals surface area (Å²) in [5, 5.41) is 40.3. The summed E-state index contributed by atoms with van der Waals surface area (Å²) < 4.78 is 0. The molecule has 1 rings (SSSR count). The van der Waals surface area contributed by atoms with Crippen molar-refractivity contribution in [1.82, 2.24) is 0 Å². The summed E-state index contributed by atoms with van der Waals surface area (Å²) in [6.45, 7) is -0.936. The highest BCUT2D eigenvalue weighted by atomic mass is 16.7. The lowest BCUT2D eigenvalue weighted by molar-refractivity contribution is -0.624. The van der Waals surface area contributed by atoms with Crippen molar-refractivity contribution in [3.63, 3.8) is 0 Å². The SMILES string of the molecule is O=C(c1ccccc1)C(O)(C(=CCO)[N+](=O)[O-])[N+](=O)[O-]. The van der Waals surface area contributed by atoms with Gasteiger partial charge in [0.05, 0.1) is 16.5 Å². The van der Waals surface area contributed by atoms with Gasteiger partial charge in [-0.25, -0.2) is 0 Å². The second kappa shape index (κ2) is 5.99. The summed E-state index contributed by atoms with van der Waals surface area (Å²) in [5.74, 6) is -1.46. The minimum Gasteiger partial charge on any atom is -0.392 e. The third-order valence-corrected chi connectivity index (χ3v) is 2.46. The van der Waals surface area contributed by atoms with Gasteiger partial charge in [-0.05, 0) is 0 Å². The number of nitrogens with zero attached hydrogens (tertiary/aromatic N) is 2. The summed E-state index contributed by atoms with van der Waals surface area (Å²) >= 11 is 0. The van der Waals surface area contributed by atoms with Crippen LogP contribution in [0.4, 0.5) is 0 Å². The van der Waals surface area contributed by atoms with Gasteiger partial charge in [0.1, 0.15) is 0 Å². The number of rotatable bonds is 6. The molecule has 1 unspecified atom stereocenters. The first-order chi connectivity index (χ1) is 9.35. The van der Waals surface area contributed by atoms with Crippen molar-refractivity contribution in [3.8, 4) is 0 Å². The Bertz CT molecular complexity index is 569. The van der Waals surface area contributed by atoms with Crippen LogP contribution >= 0.6 is 0 Å². The molecule has 0 aliphatic carbocycles. The van der Waals surface area contributed by atoms with E-state index in [1.165, 1.54) is 30.3 Å². The van der Waals surface area contributed by atoms with Crippen LogP contribution < -0.4 is 0 Å². The van der Waals surface area contributed by atoms with E-state index in [4.69, 9.17) is 5.11 Å². The molecule has 1 aromatic carbocycles. The molecule has 0 saturated carbocycles. The van der Waals surface area contributed by atoms with E-state index in [-0.39, 0.29) is 5.56 Å². The number of carbonyl (C=O) groups is 1. The lowest BCUT2D eigenvalue weighted by Gasteiger charge is -2.15. The standard InChI is InChI=1S/C11H10N2O7/c14-7-6-9(12(17)18)11(16,13(19)20)10(15)8-4-2-1-3-5-8/h1-6,14,16H,7H2. The van der Waals surface area contributed by atoms with Crippen LogP contribution in [0, 0.1) is 20.2 Å². The highest BCUT2D eigenvalue weighted by Crippen LogP contribution is 2.23. The van der Waals surface area contributed by atoms with Gasteiger partial charge in [0.2, 0.25) is 0 Å². The zero-order chi connectivity index (χ0) is 15.3. The molecule has 9 nitrogen and oxygen atoms in total. The van der Waals surface area contributed by atoms with Gasteiger partial charge in [0.15, 0.2) is 0 Å². The smallest absolute Gasteiger partial charge is 0.392 e. The van der Waals surface area contributed by atoms with Crippen LogP contribution in [0.25, 0.3) is 0 Å². The molecular weight excluding hydrogens is 272 g/mol. The van der Waals surface area contributed by atoms with E-state index in [9.17, 15) is 30.1 Å². The van der Waals surface area contributed by atoms with Gasteiger partial charge in [0.25, 0.3) is 5.78 Å². The number of aliphatic hydroxyl groups is 2. The number of benzene rings is 1. The van der Waals surface area contributed by atoms with Gasteiger partial charge in [-0.2, -0.15) is 0 Å². The topological polar surface area (TPSA) is 144 Å². The Morgan fingerprint density at radius 2 is 1.80 bits per heavy atom. The molecule has 9 heteroatoms. The van der Waals surface area contributed by atoms with Crippen LogP contribution in [-0.4, -0.2) is 38.2 Å². The molecule has 0 amide bonds. The van der Waals surface area contributed by atoms with Crippen molar-refractivity contribution in [2.24, 2.45) is 0 Å². The van der Waals surface area contributed by atoms with Crippen molar-refractivity contribution in [2.75, 3.05) is 6.61 Å². The van der Waals surface area contributed by atoms with Crippen LogP contribution in [0.3, 0.4) is 0 Å². The van der Waals surface area contributed by atoms with Gasteiger partial charge in [-0.15, -0.1) is 0 Å². The maximum atomic E-state index is 12.0. The highest BCUT2D eigenvalue weighted by Gasteiger charge is 2.60.